The highest BCUT2D eigenvalue weighted by molar-refractivity contribution is 5.73. The zero-order chi connectivity index (χ0) is 14.5. The van der Waals surface area contributed by atoms with Crippen molar-refractivity contribution in [3.63, 3.8) is 0 Å². The smallest absolute Gasteiger partial charge is 0.219 e. The Morgan fingerprint density at radius 2 is 2.20 bits per heavy atom. The summed E-state index contributed by atoms with van der Waals surface area (Å²) < 4.78 is 0. The monoisotopic (exact) mass is 278 g/mol. The Labute approximate surface area is 122 Å². The van der Waals surface area contributed by atoms with Crippen molar-refractivity contribution in [1.29, 1.82) is 0 Å². The average Bonchev–Trinajstić information content (AvgIpc) is 2.47. The van der Waals surface area contributed by atoms with Gasteiger partial charge in [-0.2, -0.15) is 0 Å². The Morgan fingerprint density at radius 1 is 1.50 bits per heavy atom. The highest BCUT2D eigenvalue weighted by Crippen LogP contribution is 2.20. The molecule has 0 radical (unpaired) electrons. The molecule has 20 heavy (non-hydrogen) atoms. The molecule has 0 spiro atoms. The molecule has 0 bridgehead atoms. The second kappa shape index (κ2) is 6.68. The fourth-order valence-corrected chi connectivity index (χ4v) is 2.48. The van der Waals surface area contributed by atoms with Crippen molar-refractivity contribution in [2.24, 2.45) is 0 Å². The molecule has 0 aromatic carbocycles. The van der Waals surface area contributed by atoms with E-state index in [1.165, 1.54) is 0 Å². The quantitative estimate of drug-likeness (QED) is 0.920. The standard InChI is InChI=1S/C15H24N4O.H2/c1-4-11(2)14-9-15(17-10-16-14)18-13-5-7-19(8-6-13)12(3)20;/h9-11,13H,4-8H2,1-3H3,(H,16,17,18);1H. The van der Waals surface area contributed by atoms with Crippen LogP contribution >= 0.6 is 0 Å². The van der Waals surface area contributed by atoms with Gasteiger partial charge in [-0.25, -0.2) is 9.97 Å². The largest absolute Gasteiger partial charge is 0.367 e. The van der Waals surface area contributed by atoms with Crippen LogP contribution in [0.5, 0.6) is 0 Å². The lowest BCUT2D eigenvalue weighted by atomic mass is 10.0. The first kappa shape index (κ1) is 14.8. The molecule has 1 aromatic rings. The zero-order valence-electron chi connectivity index (χ0n) is 12.6. The maximum atomic E-state index is 11.3. The number of amides is 1. The second-order valence-corrected chi connectivity index (χ2v) is 5.56. The molecule has 0 saturated carbocycles. The van der Waals surface area contributed by atoms with Crippen LogP contribution in [0.4, 0.5) is 5.82 Å². The molecular formula is C15H26N4O. The van der Waals surface area contributed by atoms with Crippen LogP contribution in [-0.4, -0.2) is 39.9 Å². The SMILES string of the molecule is CCC(C)c1cc(NC2CCN(C(C)=O)CC2)ncn1.[HH]. The molecule has 1 saturated heterocycles. The lowest BCUT2D eigenvalue weighted by molar-refractivity contribution is -0.129. The van der Waals surface area contributed by atoms with Crippen molar-refractivity contribution in [3.05, 3.63) is 18.1 Å². The Balaban J connectivity index is 0.00000220. The minimum atomic E-state index is 0. The van der Waals surface area contributed by atoms with E-state index in [1.54, 1.807) is 13.3 Å². The number of carbonyl (C=O) groups is 1. The molecule has 1 fully saturated rings. The van der Waals surface area contributed by atoms with Crippen molar-refractivity contribution in [2.75, 3.05) is 18.4 Å². The Hall–Kier alpha value is -1.65. The summed E-state index contributed by atoms with van der Waals surface area (Å²) in [5.74, 6) is 1.53. The van der Waals surface area contributed by atoms with Crippen LogP contribution in [-0.2, 0) is 4.79 Å². The van der Waals surface area contributed by atoms with E-state index in [0.29, 0.717) is 12.0 Å². The van der Waals surface area contributed by atoms with E-state index >= 15 is 0 Å². The first-order valence-electron chi connectivity index (χ1n) is 7.44. The molecule has 1 atom stereocenters. The summed E-state index contributed by atoms with van der Waals surface area (Å²) in [7, 11) is 0. The minimum Gasteiger partial charge on any atom is -0.367 e. The molecule has 1 amide bonds. The van der Waals surface area contributed by atoms with Crippen molar-refractivity contribution < 1.29 is 6.22 Å². The molecule has 1 unspecified atom stereocenters. The Kier molecular flexibility index (Phi) is 4.93. The van der Waals surface area contributed by atoms with E-state index in [-0.39, 0.29) is 7.33 Å². The molecule has 1 aromatic heterocycles. The molecular weight excluding hydrogens is 252 g/mol. The molecule has 1 aliphatic rings. The highest BCUT2D eigenvalue weighted by atomic mass is 16.2. The zero-order valence-corrected chi connectivity index (χ0v) is 12.6. The molecule has 2 rings (SSSR count). The first-order chi connectivity index (χ1) is 9.60. The number of hydrogen-bond acceptors (Lipinski definition) is 4. The number of likely N-dealkylation sites (tertiary alicyclic amines) is 1. The van der Waals surface area contributed by atoms with Crippen LogP contribution in [0.1, 0.15) is 53.1 Å². The second-order valence-electron chi connectivity index (χ2n) is 5.56. The molecule has 5 heteroatoms. The number of nitrogens with one attached hydrogen (secondary N) is 1. The minimum absolute atomic E-state index is 0. The molecule has 0 aliphatic carbocycles. The van der Waals surface area contributed by atoms with Gasteiger partial charge < -0.3 is 10.2 Å². The topological polar surface area (TPSA) is 58.1 Å². The van der Waals surface area contributed by atoms with Crippen LogP contribution in [0.3, 0.4) is 0 Å². The fourth-order valence-electron chi connectivity index (χ4n) is 2.48. The third-order valence-corrected chi connectivity index (χ3v) is 4.10. The summed E-state index contributed by atoms with van der Waals surface area (Å²) in [5.41, 5.74) is 1.09. The van der Waals surface area contributed by atoms with Gasteiger partial charge in [-0.1, -0.05) is 13.8 Å². The highest BCUT2D eigenvalue weighted by Gasteiger charge is 2.20. The van der Waals surface area contributed by atoms with E-state index < -0.39 is 0 Å². The summed E-state index contributed by atoms with van der Waals surface area (Å²) in [6.07, 6.45) is 4.66. The van der Waals surface area contributed by atoms with Gasteiger partial charge in [0.25, 0.3) is 0 Å². The van der Waals surface area contributed by atoms with Crippen molar-refractivity contribution in [1.82, 2.24) is 14.9 Å². The fraction of sp³-hybridized carbons (Fsp3) is 0.667. The Morgan fingerprint density at radius 3 is 2.80 bits per heavy atom. The maximum Gasteiger partial charge on any atom is 0.219 e. The van der Waals surface area contributed by atoms with Gasteiger partial charge in [0.2, 0.25) is 5.91 Å². The molecule has 1 N–H and O–H groups in total. The summed E-state index contributed by atoms with van der Waals surface area (Å²) in [6.45, 7) is 7.64. The van der Waals surface area contributed by atoms with E-state index in [9.17, 15) is 4.79 Å². The van der Waals surface area contributed by atoms with E-state index in [0.717, 1.165) is 43.9 Å². The van der Waals surface area contributed by atoms with Crippen molar-refractivity contribution >= 4 is 11.7 Å². The van der Waals surface area contributed by atoms with Crippen LogP contribution < -0.4 is 5.32 Å². The van der Waals surface area contributed by atoms with Gasteiger partial charge in [0.05, 0.1) is 0 Å². The normalized spacial score (nSPS) is 17.9. The molecule has 1 aliphatic heterocycles. The number of piperidine rings is 1. The summed E-state index contributed by atoms with van der Waals surface area (Å²) in [5, 5.41) is 3.47. The third-order valence-electron chi connectivity index (χ3n) is 4.10. The van der Waals surface area contributed by atoms with Crippen LogP contribution in [0.2, 0.25) is 0 Å². The average molecular weight is 278 g/mol. The number of nitrogens with zero attached hydrogens (tertiary/aromatic N) is 3. The van der Waals surface area contributed by atoms with Crippen molar-refractivity contribution in [2.45, 2.75) is 52.0 Å². The van der Waals surface area contributed by atoms with Crippen LogP contribution in [0.15, 0.2) is 12.4 Å². The summed E-state index contributed by atoms with van der Waals surface area (Å²) in [4.78, 5) is 21.8. The lowest BCUT2D eigenvalue weighted by Crippen LogP contribution is -2.41. The Bertz CT molecular complexity index is 461. The maximum absolute atomic E-state index is 11.3. The number of anilines is 1. The molecule has 112 valence electrons. The van der Waals surface area contributed by atoms with Gasteiger partial charge >= 0.3 is 0 Å². The predicted molar refractivity (Wildman–Crippen MR) is 81.8 cm³/mol. The molecule has 5 nitrogen and oxygen atoms in total. The van der Waals surface area contributed by atoms with Gasteiger partial charge in [0.1, 0.15) is 12.1 Å². The lowest BCUT2D eigenvalue weighted by Gasteiger charge is -2.32. The molecule has 2 heterocycles. The van der Waals surface area contributed by atoms with Gasteiger partial charge in [-0.3, -0.25) is 4.79 Å². The first-order valence-corrected chi connectivity index (χ1v) is 7.44. The van der Waals surface area contributed by atoms with Crippen LogP contribution in [0, 0.1) is 0 Å². The van der Waals surface area contributed by atoms with E-state index in [4.69, 9.17) is 0 Å². The number of aromatic nitrogens is 2. The summed E-state index contributed by atoms with van der Waals surface area (Å²) >= 11 is 0. The predicted octanol–water partition coefficient (Wildman–Crippen LogP) is 2.66. The van der Waals surface area contributed by atoms with Crippen molar-refractivity contribution in [3.8, 4) is 0 Å². The third kappa shape index (κ3) is 3.68. The van der Waals surface area contributed by atoms with E-state index in [2.05, 4.69) is 29.1 Å². The van der Waals surface area contributed by atoms with E-state index in [1.807, 2.05) is 11.0 Å². The number of rotatable bonds is 4. The van der Waals surface area contributed by atoms with Gasteiger partial charge in [-0.15, -0.1) is 0 Å². The van der Waals surface area contributed by atoms with Gasteiger partial charge in [0, 0.05) is 39.2 Å². The van der Waals surface area contributed by atoms with Crippen LogP contribution in [0.25, 0.3) is 0 Å². The van der Waals surface area contributed by atoms with Gasteiger partial charge in [-0.05, 0) is 25.2 Å². The summed E-state index contributed by atoms with van der Waals surface area (Å²) in [6, 6.07) is 2.44. The van der Waals surface area contributed by atoms with Gasteiger partial charge in [0.15, 0.2) is 0 Å². The number of carbonyl (C=O) groups excluding carboxylic acids is 1. The number of hydrogen-bond donors (Lipinski definition) is 1.